The molecule has 1 heterocycles. The number of ether oxygens (including phenoxy) is 2. The molecule has 7 nitrogen and oxygen atoms in total. The molecule has 0 saturated heterocycles. The van der Waals surface area contributed by atoms with Crippen molar-refractivity contribution in [1.82, 2.24) is 9.97 Å². The minimum Gasteiger partial charge on any atom is -0.493 e. The third-order valence-electron chi connectivity index (χ3n) is 4.04. The van der Waals surface area contributed by atoms with Crippen LogP contribution >= 0.6 is 0 Å². The largest absolute Gasteiger partial charge is 0.493 e. The van der Waals surface area contributed by atoms with Crippen molar-refractivity contribution in [2.24, 2.45) is 0 Å². The Hall–Kier alpha value is -3.75. The van der Waals surface area contributed by atoms with Gasteiger partial charge >= 0.3 is 12.6 Å². The molecular weight excluding hydrogens is 384 g/mol. The van der Waals surface area contributed by atoms with E-state index in [1.807, 2.05) is 0 Å². The molecule has 150 valence electrons. The fraction of sp³-hybridized carbons (Fsp3) is 0.150. The van der Waals surface area contributed by atoms with Crippen LogP contribution in [0.25, 0.3) is 0 Å². The summed E-state index contributed by atoms with van der Waals surface area (Å²) in [6.45, 7) is -2.75. The number of rotatable bonds is 8. The molecule has 2 aromatic carbocycles. The molecule has 0 unspecified atom stereocenters. The number of carbonyl (C=O) groups is 1. The fourth-order valence-electron chi connectivity index (χ4n) is 2.71. The van der Waals surface area contributed by atoms with Crippen LogP contribution in [0.4, 0.5) is 20.2 Å². The highest BCUT2D eigenvalue weighted by Crippen LogP contribution is 2.36. The summed E-state index contributed by atoms with van der Waals surface area (Å²) < 4.78 is 35.2. The van der Waals surface area contributed by atoms with E-state index in [2.05, 4.69) is 14.7 Å². The molecule has 3 aromatic rings. The van der Waals surface area contributed by atoms with Gasteiger partial charge in [0.1, 0.15) is 0 Å². The number of carboxylic acids is 1. The van der Waals surface area contributed by atoms with Crippen LogP contribution in [-0.2, 0) is 6.54 Å². The van der Waals surface area contributed by atoms with E-state index in [4.69, 9.17) is 9.84 Å². The number of aromatic carboxylic acids is 1. The highest BCUT2D eigenvalue weighted by atomic mass is 19.3. The van der Waals surface area contributed by atoms with E-state index in [0.29, 0.717) is 17.1 Å². The van der Waals surface area contributed by atoms with Crippen LogP contribution in [0.15, 0.2) is 61.1 Å². The summed E-state index contributed by atoms with van der Waals surface area (Å²) in [5.74, 6) is -1.00. The van der Waals surface area contributed by atoms with Gasteiger partial charge in [0.25, 0.3) is 0 Å². The first kappa shape index (κ1) is 20.0. The molecule has 0 aliphatic rings. The highest BCUT2D eigenvalue weighted by Gasteiger charge is 2.17. The summed E-state index contributed by atoms with van der Waals surface area (Å²) in [5.41, 5.74) is 1.91. The monoisotopic (exact) mass is 401 g/mol. The van der Waals surface area contributed by atoms with Gasteiger partial charge in [0.15, 0.2) is 11.5 Å². The van der Waals surface area contributed by atoms with Crippen LogP contribution in [0.3, 0.4) is 0 Å². The van der Waals surface area contributed by atoms with E-state index in [9.17, 15) is 13.6 Å². The lowest BCUT2D eigenvalue weighted by Gasteiger charge is -2.25. The Balaban J connectivity index is 2.03. The van der Waals surface area contributed by atoms with E-state index >= 15 is 0 Å². The van der Waals surface area contributed by atoms with E-state index < -0.39 is 12.6 Å². The highest BCUT2D eigenvalue weighted by molar-refractivity contribution is 5.88. The average Bonchev–Trinajstić information content (AvgIpc) is 2.72. The van der Waals surface area contributed by atoms with Gasteiger partial charge in [-0.15, -0.1) is 0 Å². The van der Waals surface area contributed by atoms with Crippen LogP contribution in [0, 0.1) is 0 Å². The second-order valence-electron chi connectivity index (χ2n) is 5.85. The minimum atomic E-state index is -3.01. The number of methoxy groups -OCH3 is 1. The topological polar surface area (TPSA) is 84.8 Å². The lowest BCUT2D eigenvalue weighted by molar-refractivity contribution is -0.0511. The number of carboxylic acid groups (broad SMARTS) is 1. The van der Waals surface area contributed by atoms with Crippen molar-refractivity contribution in [3.8, 4) is 11.5 Å². The Morgan fingerprint density at radius 1 is 1.10 bits per heavy atom. The fourth-order valence-corrected chi connectivity index (χ4v) is 2.71. The Bertz CT molecular complexity index is 969. The molecule has 1 N–H and O–H groups in total. The van der Waals surface area contributed by atoms with Gasteiger partial charge in [-0.3, -0.25) is 9.97 Å². The van der Waals surface area contributed by atoms with Gasteiger partial charge in [0, 0.05) is 29.8 Å². The quantitative estimate of drug-likeness (QED) is 0.608. The Morgan fingerprint density at radius 2 is 1.83 bits per heavy atom. The van der Waals surface area contributed by atoms with Crippen molar-refractivity contribution in [2.45, 2.75) is 13.2 Å². The lowest BCUT2D eigenvalue weighted by atomic mass is 10.1. The molecular formula is C20H17F2N3O4. The molecule has 0 amide bonds. The molecule has 0 aliphatic carbocycles. The minimum absolute atomic E-state index is 0.119. The number of aromatic nitrogens is 2. The summed E-state index contributed by atoms with van der Waals surface area (Å²) in [5, 5.41) is 9.11. The van der Waals surface area contributed by atoms with Gasteiger partial charge in [0.05, 0.1) is 31.1 Å². The van der Waals surface area contributed by atoms with Crippen molar-refractivity contribution < 1.29 is 28.2 Å². The van der Waals surface area contributed by atoms with Gasteiger partial charge in [-0.25, -0.2) is 4.79 Å². The van der Waals surface area contributed by atoms with Crippen LogP contribution in [-0.4, -0.2) is 34.8 Å². The molecule has 0 fully saturated rings. The third kappa shape index (κ3) is 4.95. The number of alkyl halides is 2. The summed E-state index contributed by atoms with van der Waals surface area (Å²) >= 11 is 0. The molecule has 0 atom stereocenters. The molecule has 0 spiro atoms. The second kappa shape index (κ2) is 8.96. The number of anilines is 2. The van der Waals surface area contributed by atoms with Crippen molar-refractivity contribution in [1.29, 1.82) is 0 Å². The average molecular weight is 401 g/mol. The summed E-state index contributed by atoms with van der Waals surface area (Å²) in [4.78, 5) is 21.2. The zero-order valence-corrected chi connectivity index (χ0v) is 15.3. The first-order chi connectivity index (χ1) is 14.0. The van der Waals surface area contributed by atoms with Crippen molar-refractivity contribution in [3.05, 3.63) is 72.3 Å². The van der Waals surface area contributed by atoms with Crippen molar-refractivity contribution >= 4 is 17.3 Å². The number of nitrogens with zero attached hydrogens (tertiary/aromatic N) is 3. The standard InChI is InChI=1S/C20H17F2N3O4/c1-28-17-7-6-16(10-18(17)29-20(21)22)25(12-14-11-23-8-9-24-14)15-4-2-13(3-5-15)19(26)27/h2-11,20H,12H2,1H3,(H,26,27). The predicted octanol–water partition coefficient (Wildman–Crippen LogP) is 4.12. The lowest BCUT2D eigenvalue weighted by Crippen LogP contribution is -2.18. The number of benzene rings is 2. The molecule has 1 aromatic heterocycles. The zero-order chi connectivity index (χ0) is 20.8. The number of hydrogen-bond donors (Lipinski definition) is 1. The maximum Gasteiger partial charge on any atom is 0.387 e. The zero-order valence-electron chi connectivity index (χ0n) is 15.3. The summed E-state index contributed by atoms with van der Waals surface area (Å²) in [6.07, 6.45) is 4.66. The van der Waals surface area contributed by atoms with E-state index in [1.165, 1.54) is 37.6 Å². The van der Waals surface area contributed by atoms with E-state index in [0.717, 1.165) is 0 Å². The molecule has 0 radical (unpaired) electrons. The Morgan fingerprint density at radius 3 is 2.41 bits per heavy atom. The van der Waals surface area contributed by atoms with Crippen molar-refractivity contribution in [2.75, 3.05) is 12.0 Å². The van der Waals surface area contributed by atoms with Gasteiger partial charge in [-0.2, -0.15) is 8.78 Å². The van der Waals surface area contributed by atoms with E-state index in [1.54, 1.807) is 35.5 Å². The predicted molar refractivity (Wildman–Crippen MR) is 101 cm³/mol. The van der Waals surface area contributed by atoms with Crippen LogP contribution in [0.2, 0.25) is 0 Å². The van der Waals surface area contributed by atoms with E-state index in [-0.39, 0.29) is 23.6 Å². The van der Waals surface area contributed by atoms with Crippen LogP contribution < -0.4 is 14.4 Å². The summed E-state index contributed by atoms with van der Waals surface area (Å²) in [6, 6.07) is 10.8. The van der Waals surface area contributed by atoms with Gasteiger partial charge in [-0.1, -0.05) is 0 Å². The Labute approximate surface area is 165 Å². The van der Waals surface area contributed by atoms with Gasteiger partial charge < -0.3 is 19.5 Å². The van der Waals surface area contributed by atoms with Gasteiger partial charge in [-0.05, 0) is 36.4 Å². The normalized spacial score (nSPS) is 10.6. The van der Waals surface area contributed by atoms with Gasteiger partial charge in [0.2, 0.25) is 0 Å². The first-order valence-corrected chi connectivity index (χ1v) is 8.46. The maximum atomic E-state index is 12.8. The molecule has 0 bridgehead atoms. The third-order valence-corrected chi connectivity index (χ3v) is 4.04. The Kier molecular flexibility index (Phi) is 6.18. The molecule has 0 aliphatic heterocycles. The maximum absolute atomic E-state index is 12.8. The smallest absolute Gasteiger partial charge is 0.387 e. The van der Waals surface area contributed by atoms with Crippen molar-refractivity contribution in [3.63, 3.8) is 0 Å². The number of halogens is 2. The van der Waals surface area contributed by atoms with Crippen LogP contribution in [0.5, 0.6) is 11.5 Å². The molecule has 3 rings (SSSR count). The molecule has 9 heteroatoms. The molecule has 29 heavy (non-hydrogen) atoms. The SMILES string of the molecule is COc1ccc(N(Cc2cnccn2)c2ccc(C(=O)O)cc2)cc1OC(F)F. The molecule has 0 saturated carbocycles. The first-order valence-electron chi connectivity index (χ1n) is 8.46. The van der Waals surface area contributed by atoms with Crippen LogP contribution in [0.1, 0.15) is 16.1 Å². The second-order valence-corrected chi connectivity index (χ2v) is 5.85. The summed E-state index contributed by atoms with van der Waals surface area (Å²) in [7, 11) is 1.36. The number of hydrogen-bond acceptors (Lipinski definition) is 6.